The molecule has 4 heteroatoms. The number of ether oxygens (including phenoxy) is 1. The van der Waals surface area contributed by atoms with Crippen LogP contribution in [0.15, 0.2) is 10.5 Å². The highest BCUT2D eigenvalue weighted by molar-refractivity contribution is 9.10. The summed E-state index contributed by atoms with van der Waals surface area (Å²) in [5.41, 5.74) is 0. The first-order valence-corrected chi connectivity index (χ1v) is 6.38. The van der Waals surface area contributed by atoms with Crippen LogP contribution >= 0.6 is 27.3 Å². The van der Waals surface area contributed by atoms with E-state index in [2.05, 4.69) is 34.2 Å². The summed E-state index contributed by atoms with van der Waals surface area (Å²) in [7, 11) is 0. The Bertz CT molecular complexity index is 256. The molecular weight excluding hydrogens is 262 g/mol. The maximum absolute atomic E-state index is 5.23. The van der Waals surface area contributed by atoms with E-state index in [-0.39, 0.29) is 0 Å². The van der Waals surface area contributed by atoms with Gasteiger partial charge in [0.2, 0.25) is 0 Å². The van der Waals surface area contributed by atoms with Gasteiger partial charge in [-0.1, -0.05) is 0 Å². The number of thiophene rings is 1. The van der Waals surface area contributed by atoms with Gasteiger partial charge < -0.3 is 10.1 Å². The second-order valence-electron chi connectivity index (χ2n) is 2.99. The lowest BCUT2D eigenvalue weighted by Gasteiger charge is -2.02. The largest absolute Gasteiger partial charge is 0.380 e. The van der Waals surface area contributed by atoms with Crippen LogP contribution in [0.2, 0.25) is 0 Å². The number of aryl methyl sites for hydroxylation is 1. The second-order valence-corrected chi connectivity index (χ2v) is 5.19. The fourth-order valence-electron chi connectivity index (χ4n) is 1.11. The van der Waals surface area contributed by atoms with Crippen LogP contribution in [0.4, 0.5) is 0 Å². The molecule has 0 saturated heterocycles. The van der Waals surface area contributed by atoms with E-state index in [0.717, 1.165) is 26.3 Å². The van der Waals surface area contributed by atoms with Gasteiger partial charge in [-0.3, -0.25) is 0 Å². The first-order valence-electron chi connectivity index (χ1n) is 4.77. The lowest BCUT2D eigenvalue weighted by molar-refractivity contribution is 0.149. The highest BCUT2D eigenvalue weighted by Crippen LogP contribution is 2.25. The molecular formula is C10H16BrNOS. The smallest absolute Gasteiger partial charge is 0.0590 e. The number of hydrogen-bond acceptors (Lipinski definition) is 3. The zero-order chi connectivity index (χ0) is 10.4. The molecule has 0 spiro atoms. The van der Waals surface area contributed by atoms with Crippen molar-refractivity contribution < 1.29 is 4.74 Å². The molecule has 1 heterocycles. The van der Waals surface area contributed by atoms with Crippen LogP contribution < -0.4 is 5.32 Å². The molecule has 0 aliphatic rings. The van der Waals surface area contributed by atoms with Gasteiger partial charge in [-0.2, -0.15) is 0 Å². The molecule has 0 amide bonds. The van der Waals surface area contributed by atoms with E-state index in [9.17, 15) is 0 Å². The van der Waals surface area contributed by atoms with E-state index in [1.807, 2.05) is 18.3 Å². The third kappa shape index (κ3) is 4.09. The molecule has 1 aromatic rings. The van der Waals surface area contributed by atoms with Crippen LogP contribution in [0, 0.1) is 6.92 Å². The van der Waals surface area contributed by atoms with Crippen molar-refractivity contribution in [2.75, 3.05) is 19.8 Å². The topological polar surface area (TPSA) is 21.3 Å². The van der Waals surface area contributed by atoms with Gasteiger partial charge in [-0.15, -0.1) is 11.3 Å². The van der Waals surface area contributed by atoms with Crippen molar-refractivity contribution in [1.29, 1.82) is 0 Å². The summed E-state index contributed by atoms with van der Waals surface area (Å²) in [6.07, 6.45) is 0. The van der Waals surface area contributed by atoms with Crippen LogP contribution in [0.1, 0.15) is 16.7 Å². The molecule has 2 nitrogen and oxygen atoms in total. The van der Waals surface area contributed by atoms with E-state index in [0.29, 0.717) is 0 Å². The van der Waals surface area contributed by atoms with Crippen molar-refractivity contribution in [3.05, 3.63) is 20.3 Å². The predicted molar refractivity (Wildman–Crippen MR) is 65.0 cm³/mol. The highest BCUT2D eigenvalue weighted by atomic mass is 79.9. The van der Waals surface area contributed by atoms with Crippen LogP contribution in [0.25, 0.3) is 0 Å². The Labute approximate surface area is 97.8 Å². The van der Waals surface area contributed by atoms with E-state index in [1.54, 1.807) is 0 Å². The van der Waals surface area contributed by atoms with Crippen LogP contribution in [-0.4, -0.2) is 19.8 Å². The predicted octanol–water partition coefficient (Wildman–Crippen LogP) is 2.95. The van der Waals surface area contributed by atoms with Gasteiger partial charge in [0.25, 0.3) is 0 Å². The SMILES string of the molecule is CCOCCNCc1cc(Br)c(C)s1. The molecule has 0 radical (unpaired) electrons. The quantitative estimate of drug-likeness (QED) is 0.808. The number of rotatable bonds is 6. The summed E-state index contributed by atoms with van der Waals surface area (Å²) < 4.78 is 6.44. The van der Waals surface area contributed by atoms with Gasteiger partial charge in [0.05, 0.1) is 6.61 Å². The van der Waals surface area contributed by atoms with E-state index in [4.69, 9.17) is 4.74 Å². The molecule has 0 bridgehead atoms. The fourth-order valence-corrected chi connectivity index (χ4v) is 2.68. The Morgan fingerprint density at radius 1 is 1.57 bits per heavy atom. The molecule has 0 aromatic carbocycles. The second kappa shape index (κ2) is 6.56. The number of halogens is 1. The molecule has 1 aromatic heterocycles. The van der Waals surface area contributed by atoms with Gasteiger partial charge in [0.15, 0.2) is 0 Å². The average Bonchev–Trinajstić information content (AvgIpc) is 2.46. The Morgan fingerprint density at radius 3 is 2.93 bits per heavy atom. The van der Waals surface area contributed by atoms with Gasteiger partial charge in [-0.05, 0) is 35.8 Å². The molecule has 0 aliphatic heterocycles. The minimum Gasteiger partial charge on any atom is -0.380 e. The zero-order valence-electron chi connectivity index (χ0n) is 8.60. The first kappa shape index (κ1) is 12.2. The van der Waals surface area contributed by atoms with Crippen LogP contribution in [0.3, 0.4) is 0 Å². The van der Waals surface area contributed by atoms with Gasteiger partial charge in [0.1, 0.15) is 0 Å². The first-order chi connectivity index (χ1) is 6.74. The lowest BCUT2D eigenvalue weighted by Crippen LogP contribution is -2.18. The third-order valence-corrected chi connectivity index (χ3v) is 3.97. The van der Waals surface area contributed by atoms with Crippen molar-refractivity contribution >= 4 is 27.3 Å². The molecule has 0 aliphatic carbocycles. The molecule has 0 unspecified atom stereocenters. The number of hydrogen-bond donors (Lipinski definition) is 1. The van der Waals surface area contributed by atoms with Gasteiger partial charge in [-0.25, -0.2) is 0 Å². The molecule has 1 rings (SSSR count). The normalized spacial score (nSPS) is 10.8. The lowest BCUT2D eigenvalue weighted by atomic mass is 10.4. The van der Waals surface area contributed by atoms with E-state index >= 15 is 0 Å². The van der Waals surface area contributed by atoms with E-state index < -0.39 is 0 Å². The molecule has 0 fully saturated rings. The summed E-state index contributed by atoms with van der Waals surface area (Å²) in [5, 5.41) is 3.34. The highest BCUT2D eigenvalue weighted by Gasteiger charge is 2.01. The van der Waals surface area contributed by atoms with Crippen molar-refractivity contribution in [3.8, 4) is 0 Å². The molecule has 80 valence electrons. The monoisotopic (exact) mass is 277 g/mol. The van der Waals surface area contributed by atoms with Crippen molar-refractivity contribution in [2.24, 2.45) is 0 Å². The molecule has 0 atom stereocenters. The van der Waals surface area contributed by atoms with Crippen LogP contribution in [-0.2, 0) is 11.3 Å². The molecule has 0 saturated carbocycles. The van der Waals surface area contributed by atoms with Crippen molar-refractivity contribution in [1.82, 2.24) is 5.32 Å². The summed E-state index contributed by atoms with van der Waals surface area (Å²) in [4.78, 5) is 2.71. The van der Waals surface area contributed by atoms with Crippen LogP contribution in [0.5, 0.6) is 0 Å². The Morgan fingerprint density at radius 2 is 2.36 bits per heavy atom. The molecule has 14 heavy (non-hydrogen) atoms. The van der Waals surface area contributed by atoms with E-state index in [1.165, 1.54) is 14.2 Å². The maximum Gasteiger partial charge on any atom is 0.0590 e. The Balaban J connectivity index is 2.18. The maximum atomic E-state index is 5.23. The average molecular weight is 278 g/mol. The zero-order valence-corrected chi connectivity index (χ0v) is 11.0. The Hall–Kier alpha value is 0.1000. The summed E-state index contributed by atoms with van der Waals surface area (Å²) in [6.45, 7) is 7.58. The fraction of sp³-hybridized carbons (Fsp3) is 0.600. The van der Waals surface area contributed by atoms with Gasteiger partial charge in [0, 0.05) is 33.9 Å². The summed E-state index contributed by atoms with van der Waals surface area (Å²) >= 11 is 5.34. The van der Waals surface area contributed by atoms with Gasteiger partial charge >= 0.3 is 0 Å². The summed E-state index contributed by atoms with van der Waals surface area (Å²) in [6, 6.07) is 2.17. The molecule has 1 N–H and O–H groups in total. The Kier molecular flexibility index (Phi) is 5.70. The standard InChI is InChI=1S/C10H16BrNOS/c1-3-13-5-4-12-7-9-6-10(11)8(2)14-9/h6,12H,3-5,7H2,1-2H3. The van der Waals surface area contributed by atoms with Crippen molar-refractivity contribution in [2.45, 2.75) is 20.4 Å². The minimum atomic E-state index is 0.794. The number of nitrogens with one attached hydrogen (secondary N) is 1. The third-order valence-electron chi connectivity index (χ3n) is 1.83. The van der Waals surface area contributed by atoms with Crippen molar-refractivity contribution in [3.63, 3.8) is 0 Å². The summed E-state index contributed by atoms with van der Waals surface area (Å²) in [5.74, 6) is 0. The minimum absolute atomic E-state index is 0.794.